The number of hydrogen-bond donors (Lipinski definition) is 2. The van der Waals surface area contributed by atoms with Crippen LogP contribution in [0.2, 0.25) is 0 Å². The summed E-state index contributed by atoms with van der Waals surface area (Å²) in [7, 11) is 0. The number of thioether (sulfide) groups is 1. The minimum atomic E-state index is -0.899. The molecule has 7 heteroatoms. The van der Waals surface area contributed by atoms with E-state index in [0.29, 0.717) is 11.0 Å². The molecule has 2 N–H and O–H groups in total. The predicted octanol–water partition coefficient (Wildman–Crippen LogP) is 1.09. The van der Waals surface area contributed by atoms with Crippen LogP contribution in [0.1, 0.15) is 33.0 Å². The fourth-order valence-electron chi connectivity index (χ4n) is 1.39. The monoisotopic (exact) mass is 259 g/mol. The fourth-order valence-corrected chi connectivity index (χ4v) is 2.22. The summed E-state index contributed by atoms with van der Waals surface area (Å²) in [5, 5.41) is 26.2. The highest BCUT2D eigenvalue weighted by atomic mass is 32.2. The lowest BCUT2D eigenvalue weighted by Gasteiger charge is -2.27. The van der Waals surface area contributed by atoms with E-state index < -0.39 is 5.97 Å². The lowest BCUT2D eigenvalue weighted by atomic mass is 10.0. The predicted molar refractivity (Wildman–Crippen MR) is 63.9 cm³/mol. The summed E-state index contributed by atoms with van der Waals surface area (Å²) in [6.07, 6.45) is 0.832. The Labute approximate surface area is 104 Å². The summed E-state index contributed by atoms with van der Waals surface area (Å²) in [6, 6.07) is 0. The second kappa shape index (κ2) is 5.50. The Morgan fingerprint density at radius 2 is 2.12 bits per heavy atom. The molecule has 0 aliphatic carbocycles. The number of carbonyl (C=O) groups is 1. The molecule has 0 saturated carbocycles. The zero-order valence-corrected chi connectivity index (χ0v) is 11.0. The summed E-state index contributed by atoms with van der Waals surface area (Å²) >= 11 is 1.11. The van der Waals surface area contributed by atoms with Crippen LogP contribution < -0.4 is 0 Å². The topological polar surface area (TPSA) is 88.2 Å². The first-order valence-corrected chi connectivity index (χ1v) is 6.31. The molecule has 0 atom stereocenters. The largest absolute Gasteiger partial charge is 0.481 e. The highest BCUT2D eigenvalue weighted by Crippen LogP contribution is 2.28. The number of aliphatic hydroxyl groups excluding tert-OH is 1. The molecule has 0 aliphatic rings. The van der Waals surface area contributed by atoms with Crippen LogP contribution in [-0.4, -0.2) is 36.7 Å². The van der Waals surface area contributed by atoms with Gasteiger partial charge in [0, 0.05) is 5.54 Å². The zero-order valence-electron chi connectivity index (χ0n) is 10.2. The Kier molecular flexibility index (Phi) is 4.53. The molecule has 0 unspecified atom stereocenters. The van der Waals surface area contributed by atoms with Crippen molar-refractivity contribution in [2.24, 2.45) is 0 Å². The van der Waals surface area contributed by atoms with Gasteiger partial charge in [0.05, 0.1) is 5.75 Å². The second-order valence-corrected chi connectivity index (χ2v) is 5.18. The lowest BCUT2D eigenvalue weighted by Crippen LogP contribution is -2.28. The van der Waals surface area contributed by atoms with Crippen molar-refractivity contribution < 1.29 is 15.0 Å². The molecule has 0 aliphatic heterocycles. The van der Waals surface area contributed by atoms with Gasteiger partial charge < -0.3 is 10.2 Å². The summed E-state index contributed by atoms with van der Waals surface area (Å²) in [4.78, 5) is 10.6. The first kappa shape index (κ1) is 14.0. The first-order valence-electron chi connectivity index (χ1n) is 5.32. The van der Waals surface area contributed by atoms with Crippen molar-refractivity contribution in [1.82, 2.24) is 14.8 Å². The highest BCUT2D eigenvalue weighted by molar-refractivity contribution is 7.99. The number of aliphatic hydroxyl groups is 1. The van der Waals surface area contributed by atoms with Crippen LogP contribution in [0, 0.1) is 0 Å². The third-order valence-corrected chi connectivity index (χ3v) is 3.55. The van der Waals surface area contributed by atoms with Gasteiger partial charge in [-0.15, -0.1) is 10.2 Å². The third-order valence-electron chi connectivity index (χ3n) is 2.64. The average molecular weight is 259 g/mol. The molecule has 1 aromatic rings. The number of carboxylic acid groups (broad SMARTS) is 1. The molecule has 1 heterocycles. The number of carboxylic acids is 1. The quantitative estimate of drug-likeness (QED) is 0.743. The molecule has 0 amide bonds. The number of rotatable bonds is 6. The molecule has 0 saturated heterocycles. The standard InChI is InChI=1S/C10H17N3O3S/c1-4-10(2,3)13-7(5-14)11-12-9(13)17-6-8(15)16/h14H,4-6H2,1-3H3,(H,15,16). The van der Waals surface area contributed by atoms with E-state index in [1.54, 1.807) is 4.57 Å². The van der Waals surface area contributed by atoms with Crippen molar-refractivity contribution in [1.29, 1.82) is 0 Å². The second-order valence-electron chi connectivity index (χ2n) is 4.24. The molecule has 0 bridgehead atoms. The van der Waals surface area contributed by atoms with Gasteiger partial charge in [-0.2, -0.15) is 0 Å². The van der Waals surface area contributed by atoms with Crippen LogP contribution in [-0.2, 0) is 16.9 Å². The first-order chi connectivity index (χ1) is 7.92. The van der Waals surface area contributed by atoms with Gasteiger partial charge in [0.25, 0.3) is 0 Å². The van der Waals surface area contributed by atoms with Gasteiger partial charge >= 0.3 is 5.97 Å². The van der Waals surface area contributed by atoms with Crippen molar-refractivity contribution in [3.8, 4) is 0 Å². The SMILES string of the molecule is CCC(C)(C)n1c(CO)nnc1SCC(=O)O. The minimum Gasteiger partial charge on any atom is -0.481 e. The Bertz CT molecular complexity index is 404. The molecule has 0 spiro atoms. The molecular formula is C10H17N3O3S. The molecule has 1 rings (SSSR count). The van der Waals surface area contributed by atoms with E-state index in [2.05, 4.69) is 10.2 Å². The Balaban J connectivity index is 3.06. The van der Waals surface area contributed by atoms with Gasteiger partial charge in [-0.1, -0.05) is 18.7 Å². The maximum atomic E-state index is 10.6. The molecule has 0 aromatic carbocycles. The number of aliphatic carboxylic acids is 1. The summed E-state index contributed by atoms with van der Waals surface area (Å²) < 4.78 is 1.81. The lowest BCUT2D eigenvalue weighted by molar-refractivity contribution is -0.133. The Morgan fingerprint density at radius 3 is 2.59 bits per heavy atom. The van der Waals surface area contributed by atoms with Crippen molar-refractivity contribution in [3.63, 3.8) is 0 Å². The molecule has 6 nitrogen and oxygen atoms in total. The van der Waals surface area contributed by atoms with Gasteiger partial charge in [-0.3, -0.25) is 9.36 Å². The van der Waals surface area contributed by atoms with Crippen LogP contribution in [0.15, 0.2) is 5.16 Å². The maximum Gasteiger partial charge on any atom is 0.313 e. The van der Waals surface area contributed by atoms with E-state index in [9.17, 15) is 9.90 Å². The third kappa shape index (κ3) is 3.19. The van der Waals surface area contributed by atoms with Gasteiger partial charge in [0.2, 0.25) is 0 Å². The van der Waals surface area contributed by atoms with Crippen LogP contribution >= 0.6 is 11.8 Å². The molecule has 17 heavy (non-hydrogen) atoms. The normalized spacial score (nSPS) is 11.8. The highest BCUT2D eigenvalue weighted by Gasteiger charge is 2.25. The number of aromatic nitrogens is 3. The fraction of sp³-hybridized carbons (Fsp3) is 0.700. The molecular weight excluding hydrogens is 242 g/mol. The Morgan fingerprint density at radius 1 is 1.47 bits per heavy atom. The van der Waals surface area contributed by atoms with E-state index >= 15 is 0 Å². The van der Waals surface area contributed by atoms with Crippen LogP contribution in [0.3, 0.4) is 0 Å². The summed E-state index contributed by atoms with van der Waals surface area (Å²) in [5.74, 6) is -0.502. The zero-order chi connectivity index (χ0) is 13.1. The van der Waals surface area contributed by atoms with Crippen LogP contribution in [0.5, 0.6) is 0 Å². The van der Waals surface area contributed by atoms with E-state index in [-0.39, 0.29) is 17.9 Å². The van der Waals surface area contributed by atoms with E-state index in [0.717, 1.165) is 18.2 Å². The van der Waals surface area contributed by atoms with Crippen LogP contribution in [0.25, 0.3) is 0 Å². The molecule has 0 fully saturated rings. The van der Waals surface area contributed by atoms with Gasteiger partial charge in [-0.25, -0.2) is 0 Å². The number of nitrogens with zero attached hydrogens (tertiary/aromatic N) is 3. The van der Waals surface area contributed by atoms with Gasteiger partial charge in [0.15, 0.2) is 11.0 Å². The molecule has 1 aromatic heterocycles. The van der Waals surface area contributed by atoms with Gasteiger partial charge in [0.1, 0.15) is 6.61 Å². The van der Waals surface area contributed by atoms with E-state index in [4.69, 9.17) is 5.11 Å². The average Bonchev–Trinajstić information content (AvgIpc) is 2.69. The maximum absolute atomic E-state index is 10.6. The van der Waals surface area contributed by atoms with E-state index in [1.807, 2.05) is 20.8 Å². The van der Waals surface area contributed by atoms with Crippen molar-refractivity contribution in [3.05, 3.63) is 5.82 Å². The van der Waals surface area contributed by atoms with Crippen molar-refractivity contribution in [2.75, 3.05) is 5.75 Å². The Hall–Kier alpha value is -1.08. The van der Waals surface area contributed by atoms with Crippen molar-refractivity contribution >= 4 is 17.7 Å². The number of hydrogen-bond acceptors (Lipinski definition) is 5. The van der Waals surface area contributed by atoms with Crippen LogP contribution in [0.4, 0.5) is 0 Å². The summed E-state index contributed by atoms with van der Waals surface area (Å²) in [6.45, 7) is 5.82. The van der Waals surface area contributed by atoms with Gasteiger partial charge in [-0.05, 0) is 20.3 Å². The smallest absolute Gasteiger partial charge is 0.313 e. The minimum absolute atomic E-state index is 0.0661. The van der Waals surface area contributed by atoms with E-state index in [1.165, 1.54) is 0 Å². The van der Waals surface area contributed by atoms with Crippen molar-refractivity contribution in [2.45, 2.75) is 44.5 Å². The molecule has 0 radical (unpaired) electrons. The molecule has 96 valence electrons. The summed E-state index contributed by atoms with van der Waals surface area (Å²) in [5.41, 5.74) is -0.248.